The molecule has 0 aromatic rings. The van der Waals surface area contributed by atoms with Crippen LogP contribution >= 0.6 is 0 Å². The molecule has 14 heavy (non-hydrogen) atoms. The number of ether oxygens (including phenoxy) is 2. The Morgan fingerprint density at radius 2 is 1.93 bits per heavy atom. The zero-order chi connectivity index (χ0) is 11.1. The third-order valence-electron chi connectivity index (χ3n) is 1.97. The fraction of sp³-hybridized carbons (Fsp3) is 1.00. The van der Waals surface area contributed by atoms with Crippen LogP contribution in [0.3, 0.4) is 0 Å². The fourth-order valence-corrected chi connectivity index (χ4v) is 1.38. The van der Waals surface area contributed by atoms with Gasteiger partial charge in [0.15, 0.2) is 6.29 Å². The monoisotopic (exact) mass is 208 g/mol. The quantitative estimate of drug-likeness (QED) is 0.569. The summed E-state index contributed by atoms with van der Waals surface area (Å²) in [6.07, 6.45) is -2.87. The SMILES string of the molecule is CC.COC1C(O)CC(O)OC1CO. The van der Waals surface area contributed by atoms with Crippen molar-refractivity contribution in [1.29, 1.82) is 0 Å². The van der Waals surface area contributed by atoms with Gasteiger partial charge in [0.2, 0.25) is 0 Å². The van der Waals surface area contributed by atoms with E-state index in [-0.39, 0.29) is 13.0 Å². The Morgan fingerprint density at radius 3 is 2.36 bits per heavy atom. The molecule has 0 aromatic carbocycles. The number of hydrogen-bond donors (Lipinski definition) is 3. The number of hydrogen-bond acceptors (Lipinski definition) is 5. The summed E-state index contributed by atoms with van der Waals surface area (Å²) in [5, 5.41) is 27.2. The lowest BCUT2D eigenvalue weighted by molar-refractivity contribution is -0.244. The van der Waals surface area contributed by atoms with E-state index in [1.807, 2.05) is 13.8 Å². The molecule has 0 radical (unpaired) electrons. The standard InChI is InChI=1S/C7H14O5.C2H6/c1-11-7-4(9)2-6(10)12-5(7)3-8;1-2/h4-10H,2-3H2,1H3;1-2H3. The molecule has 4 unspecified atom stereocenters. The molecule has 5 heteroatoms. The van der Waals surface area contributed by atoms with Crippen molar-refractivity contribution >= 4 is 0 Å². The average Bonchev–Trinajstić information content (AvgIpc) is 2.19. The molecule has 0 aliphatic carbocycles. The van der Waals surface area contributed by atoms with Crippen molar-refractivity contribution in [3.05, 3.63) is 0 Å². The van der Waals surface area contributed by atoms with Crippen LogP contribution in [0.1, 0.15) is 20.3 Å². The normalized spacial score (nSPS) is 37.3. The highest BCUT2D eigenvalue weighted by Gasteiger charge is 2.36. The van der Waals surface area contributed by atoms with E-state index in [2.05, 4.69) is 0 Å². The van der Waals surface area contributed by atoms with Gasteiger partial charge in [0.1, 0.15) is 12.2 Å². The lowest BCUT2D eigenvalue weighted by Gasteiger charge is -2.35. The van der Waals surface area contributed by atoms with Gasteiger partial charge in [-0.2, -0.15) is 0 Å². The smallest absolute Gasteiger partial charge is 0.157 e. The highest BCUT2D eigenvalue weighted by Crippen LogP contribution is 2.20. The van der Waals surface area contributed by atoms with Gasteiger partial charge in [-0.05, 0) is 0 Å². The number of methoxy groups -OCH3 is 1. The molecule has 86 valence electrons. The average molecular weight is 208 g/mol. The Hall–Kier alpha value is -0.200. The highest BCUT2D eigenvalue weighted by atomic mass is 16.6. The number of rotatable bonds is 2. The molecular weight excluding hydrogens is 188 g/mol. The van der Waals surface area contributed by atoms with Gasteiger partial charge < -0.3 is 24.8 Å². The van der Waals surface area contributed by atoms with Crippen molar-refractivity contribution < 1.29 is 24.8 Å². The zero-order valence-corrected chi connectivity index (χ0v) is 8.88. The maximum Gasteiger partial charge on any atom is 0.157 e. The molecule has 0 aromatic heterocycles. The van der Waals surface area contributed by atoms with Crippen LogP contribution in [0.2, 0.25) is 0 Å². The minimum absolute atomic E-state index is 0.120. The first kappa shape index (κ1) is 13.8. The van der Waals surface area contributed by atoms with Crippen molar-refractivity contribution in [2.75, 3.05) is 13.7 Å². The summed E-state index contributed by atoms with van der Waals surface area (Å²) in [4.78, 5) is 0. The summed E-state index contributed by atoms with van der Waals surface area (Å²) >= 11 is 0. The first-order valence-corrected chi connectivity index (χ1v) is 4.84. The molecule has 1 rings (SSSR count). The summed E-state index contributed by atoms with van der Waals surface area (Å²) in [6, 6.07) is 0. The van der Waals surface area contributed by atoms with Gasteiger partial charge in [0.05, 0.1) is 12.7 Å². The van der Waals surface area contributed by atoms with Crippen LogP contribution in [0.15, 0.2) is 0 Å². The summed E-state index contributed by atoms with van der Waals surface area (Å²) in [5.74, 6) is 0. The van der Waals surface area contributed by atoms with E-state index in [1.165, 1.54) is 7.11 Å². The molecule has 0 bridgehead atoms. The van der Waals surface area contributed by atoms with E-state index in [0.717, 1.165) is 0 Å². The molecule has 0 amide bonds. The van der Waals surface area contributed by atoms with Gasteiger partial charge in [0, 0.05) is 13.5 Å². The van der Waals surface area contributed by atoms with Gasteiger partial charge in [-0.3, -0.25) is 0 Å². The predicted molar refractivity (Wildman–Crippen MR) is 50.7 cm³/mol. The Balaban J connectivity index is 0.000000791. The van der Waals surface area contributed by atoms with E-state index in [4.69, 9.17) is 19.7 Å². The van der Waals surface area contributed by atoms with E-state index in [1.54, 1.807) is 0 Å². The van der Waals surface area contributed by atoms with Crippen molar-refractivity contribution in [2.45, 2.75) is 44.9 Å². The molecule has 1 fully saturated rings. The van der Waals surface area contributed by atoms with Gasteiger partial charge in [-0.1, -0.05) is 13.8 Å². The first-order valence-electron chi connectivity index (χ1n) is 4.84. The van der Waals surface area contributed by atoms with Crippen LogP contribution in [0.4, 0.5) is 0 Å². The Labute approximate surface area is 84.3 Å². The first-order chi connectivity index (χ1) is 6.69. The van der Waals surface area contributed by atoms with E-state index < -0.39 is 24.6 Å². The van der Waals surface area contributed by atoms with Crippen molar-refractivity contribution in [3.8, 4) is 0 Å². The van der Waals surface area contributed by atoms with Crippen LogP contribution in [-0.4, -0.2) is 53.6 Å². The highest BCUT2D eigenvalue weighted by molar-refractivity contribution is 4.82. The third kappa shape index (κ3) is 3.51. The zero-order valence-electron chi connectivity index (χ0n) is 8.88. The van der Waals surface area contributed by atoms with Crippen LogP contribution in [-0.2, 0) is 9.47 Å². The summed E-state index contributed by atoms with van der Waals surface area (Å²) < 4.78 is 9.84. The number of aliphatic hydroxyl groups excluding tert-OH is 3. The lowest BCUT2D eigenvalue weighted by Crippen LogP contribution is -2.50. The van der Waals surface area contributed by atoms with Gasteiger partial charge in [-0.15, -0.1) is 0 Å². The second-order valence-electron chi connectivity index (χ2n) is 2.82. The van der Waals surface area contributed by atoms with Crippen molar-refractivity contribution in [2.24, 2.45) is 0 Å². The van der Waals surface area contributed by atoms with Crippen LogP contribution < -0.4 is 0 Å². The van der Waals surface area contributed by atoms with Crippen LogP contribution in [0, 0.1) is 0 Å². The second kappa shape index (κ2) is 7.14. The number of aliphatic hydroxyl groups is 3. The predicted octanol–water partition coefficient (Wildman–Crippen LogP) is -0.512. The molecule has 1 saturated heterocycles. The molecule has 5 nitrogen and oxygen atoms in total. The summed E-state index contributed by atoms with van der Waals surface area (Å²) in [7, 11) is 1.43. The van der Waals surface area contributed by atoms with E-state index >= 15 is 0 Å². The summed E-state index contributed by atoms with van der Waals surface area (Å²) in [6.45, 7) is 3.73. The molecular formula is C9H20O5. The molecule has 0 spiro atoms. The van der Waals surface area contributed by atoms with Crippen molar-refractivity contribution in [1.82, 2.24) is 0 Å². The van der Waals surface area contributed by atoms with Gasteiger partial charge in [-0.25, -0.2) is 0 Å². The molecule has 3 N–H and O–H groups in total. The Bertz CT molecular complexity index is 141. The minimum Gasteiger partial charge on any atom is -0.394 e. The van der Waals surface area contributed by atoms with Gasteiger partial charge in [0.25, 0.3) is 0 Å². The Morgan fingerprint density at radius 1 is 1.36 bits per heavy atom. The molecule has 1 aliphatic heterocycles. The molecule has 1 aliphatic rings. The fourth-order valence-electron chi connectivity index (χ4n) is 1.38. The van der Waals surface area contributed by atoms with Crippen molar-refractivity contribution in [3.63, 3.8) is 0 Å². The largest absolute Gasteiger partial charge is 0.394 e. The molecule has 4 atom stereocenters. The minimum atomic E-state index is -1.01. The second-order valence-corrected chi connectivity index (χ2v) is 2.82. The summed E-state index contributed by atoms with van der Waals surface area (Å²) in [5.41, 5.74) is 0. The topological polar surface area (TPSA) is 79.2 Å². The Kier molecular flexibility index (Phi) is 7.04. The van der Waals surface area contributed by atoms with Crippen LogP contribution in [0.25, 0.3) is 0 Å². The van der Waals surface area contributed by atoms with E-state index in [9.17, 15) is 5.11 Å². The van der Waals surface area contributed by atoms with Crippen LogP contribution in [0.5, 0.6) is 0 Å². The maximum atomic E-state index is 9.36. The van der Waals surface area contributed by atoms with Gasteiger partial charge >= 0.3 is 0 Å². The molecule has 0 saturated carbocycles. The molecule has 1 heterocycles. The van der Waals surface area contributed by atoms with E-state index in [0.29, 0.717) is 0 Å². The lowest BCUT2D eigenvalue weighted by atomic mass is 10.0. The maximum absolute atomic E-state index is 9.36. The third-order valence-corrected chi connectivity index (χ3v) is 1.97.